The molecule has 1 aromatic heterocycles. The summed E-state index contributed by atoms with van der Waals surface area (Å²) >= 11 is 5.92. The van der Waals surface area contributed by atoms with Crippen molar-refractivity contribution in [2.75, 3.05) is 26.7 Å². The molecule has 1 unspecified atom stereocenters. The molecule has 1 aliphatic rings. The minimum Gasteiger partial charge on any atom is -0.497 e. The van der Waals surface area contributed by atoms with Crippen molar-refractivity contribution in [2.45, 2.75) is 31.7 Å². The van der Waals surface area contributed by atoms with E-state index in [1.807, 2.05) is 24.3 Å². The van der Waals surface area contributed by atoms with E-state index >= 15 is 0 Å². The number of hydrogen-bond acceptors (Lipinski definition) is 6. The van der Waals surface area contributed by atoms with E-state index < -0.39 is 0 Å². The van der Waals surface area contributed by atoms with E-state index in [0.29, 0.717) is 29.7 Å². The number of methoxy groups -OCH3 is 1. The Morgan fingerprint density at radius 3 is 2.56 bits per heavy atom. The van der Waals surface area contributed by atoms with Gasteiger partial charge in [0, 0.05) is 30.0 Å². The first-order valence-electron chi connectivity index (χ1n) is 10.9. The minimum atomic E-state index is -0.0334. The molecule has 1 amide bonds. The van der Waals surface area contributed by atoms with E-state index in [0.717, 1.165) is 24.4 Å². The number of ether oxygens (including phenoxy) is 1. The second kappa shape index (κ2) is 10.6. The van der Waals surface area contributed by atoms with Gasteiger partial charge in [-0.2, -0.15) is 4.98 Å². The van der Waals surface area contributed by atoms with Crippen LogP contribution in [0.3, 0.4) is 0 Å². The van der Waals surface area contributed by atoms with Gasteiger partial charge in [-0.1, -0.05) is 28.9 Å². The lowest BCUT2D eigenvalue weighted by atomic mass is 10.1. The first-order chi connectivity index (χ1) is 15.6. The van der Waals surface area contributed by atoms with E-state index in [-0.39, 0.29) is 18.4 Å². The summed E-state index contributed by atoms with van der Waals surface area (Å²) in [4.78, 5) is 19.3. The molecule has 7 nitrogen and oxygen atoms in total. The second-order valence-electron chi connectivity index (χ2n) is 7.85. The zero-order valence-corrected chi connectivity index (χ0v) is 18.8. The second-order valence-corrected chi connectivity index (χ2v) is 8.29. The molecule has 4 rings (SSSR count). The molecular weight excluding hydrogens is 428 g/mol. The molecule has 1 aliphatic heterocycles. The van der Waals surface area contributed by atoms with Crippen LogP contribution in [0.5, 0.6) is 5.75 Å². The van der Waals surface area contributed by atoms with Gasteiger partial charge in [0.2, 0.25) is 17.6 Å². The van der Waals surface area contributed by atoms with Gasteiger partial charge in [0.25, 0.3) is 0 Å². The summed E-state index contributed by atoms with van der Waals surface area (Å²) in [6.07, 6.45) is 3.06. The van der Waals surface area contributed by atoms with Crippen LogP contribution in [0.2, 0.25) is 5.02 Å². The molecule has 8 heteroatoms. The van der Waals surface area contributed by atoms with Crippen LogP contribution < -0.4 is 10.1 Å². The van der Waals surface area contributed by atoms with E-state index in [2.05, 4.69) is 32.5 Å². The number of aryl methyl sites for hydroxylation is 1. The lowest BCUT2D eigenvalue weighted by Crippen LogP contribution is -2.36. The first kappa shape index (κ1) is 22.3. The van der Waals surface area contributed by atoms with Crippen LogP contribution >= 0.6 is 11.6 Å². The van der Waals surface area contributed by atoms with Gasteiger partial charge in [0.1, 0.15) is 5.75 Å². The lowest BCUT2D eigenvalue weighted by molar-refractivity contribution is -0.121. The lowest BCUT2D eigenvalue weighted by Gasteiger charge is -2.28. The summed E-state index contributed by atoms with van der Waals surface area (Å²) in [7, 11) is 1.66. The van der Waals surface area contributed by atoms with E-state index in [1.54, 1.807) is 19.2 Å². The van der Waals surface area contributed by atoms with E-state index in [1.165, 1.54) is 18.4 Å². The molecular formula is C24H27ClN4O3. The van der Waals surface area contributed by atoms with Crippen molar-refractivity contribution in [3.8, 4) is 17.1 Å². The monoisotopic (exact) mass is 454 g/mol. The fourth-order valence-electron chi connectivity index (χ4n) is 3.93. The number of nitrogens with zero attached hydrogens (tertiary/aromatic N) is 3. The molecule has 1 saturated heterocycles. The van der Waals surface area contributed by atoms with Gasteiger partial charge in [0.05, 0.1) is 13.2 Å². The summed E-state index contributed by atoms with van der Waals surface area (Å²) in [5.74, 6) is 1.73. The van der Waals surface area contributed by atoms with Gasteiger partial charge >= 0.3 is 0 Å². The molecule has 0 aliphatic carbocycles. The molecule has 0 saturated carbocycles. The number of carbonyl (C=O) groups excluding carboxylic acids is 1. The fraction of sp³-hybridized carbons (Fsp3) is 0.375. The largest absolute Gasteiger partial charge is 0.497 e. The van der Waals surface area contributed by atoms with Crippen LogP contribution in [0.25, 0.3) is 11.4 Å². The van der Waals surface area contributed by atoms with Crippen LogP contribution in [0.15, 0.2) is 53.1 Å². The Bertz CT molecular complexity index is 1010. The maximum atomic E-state index is 12.5. The van der Waals surface area contributed by atoms with Gasteiger partial charge in [-0.05, 0) is 67.9 Å². The van der Waals surface area contributed by atoms with Gasteiger partial charge in [0.15, 0.2) is 0 Å². The molecule has 0 bridgehead atoms. The summed E-state index contributed by atoms with van der Waals surface area (Å²) in [5, 5.41) is 7.73. The highest BCUT2D eigenvalue weighted by Crippen LogP contribution is 2.26. The summed E-state index contributed by atoms with van der Waals surface area (Å²) in [5.41, 5.74) is 2.00. The average Bonchev–Trinajstić information content (AvgIpc) is 3.51. The van der Waals surface area contributed by atoms with Crippen molar-refractivity contribution in [2.24, 2.45) is 0 Å². The maximum absolute atomic E-state index is 12.5. The number of likely N-dealkylation sites (tertiary alicyclic amines) is 1. The van der Waals surface area contributed by atoms with Crippen LogP contribution in [-0.2, 0) is 11.2 Å². The van der Waals surface area contributed by atoms with Crippen molar-refractivity contribution in [1.29, 1.82) is 0 Å². The van der Waals surface area contributed by atoms with Crippen LogP contribution in [0.4, 0.5) is 0 Å². The highest BCUT2D eigenvalue weighted by atomic mass is 35.5. The van der Waals surface area contributed by atoms with Gasteiger partial charge in [-0.15, -0.1) is 0 Å². The van der Waals surface area contributed by atoms with Crippen molar-refractivity contribution < 1.29 is 14.1 Å². The number of aromatic nitrogens is 2. The van der Waals surface area contributed by atoms with Crippen LogP contribution in [0.1, 0.15) is 36.8 Å². The Morgan fingerprint density at radius 1 is 1.16 bits per heavy atom. The third-order valence-electron chi connectivity index (χ3n) is 5.71. The Kier molecular flexibility index (Phi) is 7.39. The van der Waals surface area contributed by atoms with Crippen molar-refractivity contribution in [1.82, 2.24) is 20.4 Å². The number of carbonyl (C=O) groups is 1. The smallest absolute Gasteiger partial charge is 0.227 e. The number of hydrogen-bond donors (Lipinski definition) is 1. The van der Waals surface area contributed by atoms with E-state index in [9.17, 15) is 4.79 Å². The highest BCUT2D eigenvalue weighted by molar-refractivity contribution is 6.30. The predicted molar refractivity (Wildman–Crippen MR) is 123 cm³/mol. The maximum Gasteiger partial charge on any atom is 0.227 e. The Morgan fingerprint density at radius 2 is 1.88 bits per heavy atom. The number of amides is 1. The van der Waals surface area contributed by atoms with Crippen molar-refractivity contribution >= 4 is 17.5 Å². The molecule has 168 valence electrons. The number of nitrogens with one attached hydrogen (secondary N) is 1. The molecule has 1 fully saturated rings. The van der Waals surface area contributed by atoms with Crippen molar-refractivity contribution in [3.05, 3.63) is 65.0 Å². The Balaban J connectivity index is 1.32. The highest BCUT2D eigenvalue weighted by Gasteiger charge is 2.24. The zero-order valence-electron chi connectivity index (χ0n) is 18.1. The summed E-state index contributed by atoms with van der Waals surface area (Å²) in [6, 6.07) is 15.5. The molecule has 32 heavy (non-hydrogen) atoms. The topological polar surface area (TPSA) is 80.5 Å². The first-order valence-corrected chi connectivity index (χ1v) is 11.2. The average molecular weight is 455 g/mol. The van der Waals surface area contributed by atoms with Gasteiger partial charge < -0.3 is 14.6 Å². The molecule has 2 heterocycles. The standard InChI is InChI=1S/C24H27ClN4O3/c1-31-20-10-6-17(7-11-20)21(29-14-2-3-15-29)16-26-22(30)12-13-23-27-24(28-32-23)18-4-8-19(25)9-5-18/h4-11,21H,2-3,12-16H2,1H3,(H,26,30). The summed E-state index contributed by atoms with van der Waals surface area (Å²) < 4.78 is 10.6. The molecule has 2 aromatic carbocycles. The zero-order chi connectivity index (χ0) is 22.3. The Labute approximate surface area is 192 Å². The molecule has 0 radical (unpaired) electrons. The molecule has 0 spiro atoms. The third-order valence-corrected chi connectivity index (χ3v) is 5.96. The van der Waals surface area contributed by atoms with Gasteiger partial charge in [-0.25, -0.2) is 0 Å². The minimum absolute atomic E-state index is 0.0334. The fourth-order valence-corrected chi connectivity index (χ4v) is 4.06. The molecule has 1 atom stereocenters. The number of benzene rings is 2. The predicted octanol–water partition coefficient (Wildman–Crippen LogP) is 4.28. The normalized spacial score (nSPS) is 14.9. The van der Waals surface area contributed by atoms with E-state index in [4.69, 9.17) is 20.9 Å². The van der Waals surface area contributed by atoms with Crippen LogP contribution in [-0.4, -0.2) is 47.7 Å². The van der Waals surface area contributed by atoms with Crippen LogP contribution in [0, 0.1) is 0 Å². The number of rotatable bonds is 9. The quantitative estimate of drug-likeness (QED) is 0.519. The molecule has 3 aromatic rings. The van der Waals surface area contributed by atoms with Gasteiger partial charge in [-0.3, -0.25) is 9.69 Å². The Hall–Kier alpha value is -2.90. The summed E-state index contributed by atoms with van der Waals surface area (Å²) in [6.45, 7) is 2.65. The SMILES string of the molecule is COc1ccc(C(CNC(=O)CCc2nc(-c3ccc(Cl)cc3)no2)N2CCCC2)cc1. The number of halogens is 1. The third kappa shape index (κ3) is 5.66. The van der Waals surface area contributed by atoms with Crippen molar-refractivity contribution in [3.63, 3.8) is 0 Å². The molecule has 1 N–H and O–H groups in total.